The van der Waals surface area contributed by atoms with E-state index in [-0.39, 0.29) is 6.54 Å². The molecule has 41 heavy (non-hydrogen) atoms. The number of ether oxygens (including phenoxy) is 2. The van der Waals surface area contributed by atoms with Gasteiger partial charge in [-0.2, -0.15) is 0 Å². The van der Waals surface area contributed by atoms with Gasteiger partial charge in [0, 0.05) is 49.6 Å². The second kappa shape index (κ2) is 10.3. The van der Waals surface area contributed by atoms with Crippen LogP contribution in [0.1, 0.15) is 60.2 Å². The molecule has 2 aliphatic heterocycles. The molecule has 1 saturated heterocycles. The highest BCUT2D eigenvalue weighted by molar-refractivity contribution is 6.12. The van der Waals surface area contributed by atoms with E-state index in [0.29, 0.717) is 30.3 Å². The van der Waals surface area contributed by atoms with Gasteiger partial charge >= 0.3 is 6.09 Å². The number of carbonyl (C=O) groups excluding carboxylic acids is 2. The third-order valence-corrected chi connectivity index (χ3v) is 7.77. The predicted molar refractivity (Wildman–Crippen MR) is 158 cm³/mol. The van der Waals surface area contributed by atoms with Gasteiger partial charge in [0.1, 0.15) is 11.2 Å². The third-order valence-electron chi connectivity index (χ3n) is 7.77. The Kier molecular flexibility index (Phi) is 6.79. The maximum atomic E-state index is 13.9. The Hall–Kier alpha value is -4.21. The van der Waals surface area contributed by atoms with Gasteiger partial charge < -0.3 is 25.1 Å². The molecule has 2 aliphatic rings. The minimum Gasteiger partial charge on any atom is -0.443 e. The fourth-order valence-electron chi connectivity index (χ4n) is 5.84. The Morgan fingerprint density at radius 2 is 2.00 bits per heavy atom. The van der Waals surface area contributed by atoms with Gasteiger partial charge in [-0.3, -0.25) is 4.79 Å². The fourth-order valence-corrected chi connectivity index (χ4v) is 5.84. The molecule has 0 saturated carbocycles. The molecule has 6 rings (SSSR count). The molecule has 2 amide bonds. The maximum Gasteiger partial charge on any atom is 0.417 e. The maximum absolute atomic E-state index is 13.9. The number of anilines is 2. The van der Waals surface area contributed by atoms with E-state index in [1.807, 2.05) is 54.2 Å². The van der Waals surface area contributed by atoms with Crippen LogP contribution in [0.25, 0.3) is 22.2 Å². The van der Waals surface area contributed by atoms with Crippen LogP contribution in [0.4, 0.5) is 16.2 Å². The number of benzene rings is 2. The van der Waals surface area contributed by atoms with Gasteiger partial charge in [-0.05, 0) is 85.3 Å². The number of rotatable bonds is 5. The Morgan fingerprint density at radius 3 is 2.73 bits per heavy atom. The van der Waals surface area contributed by atoms with Gasteiger partial charge in [-0.1, -0.05) is 12.1 Å². The minimum atomic E-state index is -0.734. The van der Waals surface area contributed by atoms with E-state index < -0.39 is 17.6 Å². The first-order valence-corrected chi connectivity index (χ1v) is 13.9. The number of hydrogen-bond donors (Lipinski definition) is 2. The van der Waals surface area contributed by atoms with Crippen molar-refractivity contribution in [3.8, 4) is 11.1 Å². The Morgan fingerprint density at radius 1 is 1.17 bits per heavy atom. The van der Waals surface area contributed by atoms with Gasteiger partial charge in [0.25, 0.3) is 5.91 Å². The number of nitrogens with zero attached hydrogens (tertiary/aromatic N) is 3. The highest BCUT2D eigenvalue weighted by atomic mass is 16.6. The van der Waals surface area contributed by atoms with E-state index in [0.717, 1.165) is 52.0 Å². The van der Waals surface area contributed by atoms with Crippen molar-refractivity contribution in [2.75, 3.05) is 18.5 Å². The number of hydrogen-bond acceptors (Lipinski definition) is 7. The third kappa shape index (κ3) is 4.96. The van der Waals surface area contributed by atoms with Crippen LogP contribution in [-0.2, 0) is 29.6 Å². The molecule has 2 aromatic heterocycles. The average molecular weight is 554 g/mol. The molecule has 0 bridgehead atoms. The van der Waals surface area contributed by atoms with Crippen LogP contribution in [0, 0.1) is 0 Å². The zero-order valence-corrected chi connectivity index (χ0v) is 23.9. The summed E-state index contributed by atoms with van der Waals surface area (Å²) >= 11 is 0. The normalized spacial score (nSPS) is 16.9. The van der Waals surface area contributed by atoms with Crippen molar-refractivity contribution < 1.29 is 19.1 Å². The van der Waals surface area contributed by atoms with Crippen molar-refractivity contribution in [3.63, 3.8) is 0 Å². The smallest absolute Gasteiger partial charge is 0.417 e. The molecule has 3 N–H and O–H groups in total. The molecule has 9 heteroatoms. The van der Waals surface area contributed by atoms with Gasteiger partial charge in [0.15, 0.2) is 0 Å². The number of carbonyl (C=O) groups is 2. The van der Waals surface area contributed by atoms with Crippen LogP contribution in [0.2, 0.25) is 0 Å². The lowest BCUT2D eigenvalue weighted by molar-refractivity contribution is 0.0248. The van der Waals surface area contributed by atoms with Gasteiger partial charge in [0.2, 0.25) is 0 Å². The molecule has 1 fully saturated rings. The SMILES string of the molecule is Cn1ccc2c(-c3ccc(Nc4ccc([C@@H]5CCOC5)c(CN)c4)c4c3CN(C(=O)OC(C)(C)C)C4=O)ccnc21. The van der Waals surface area contributed by atoms with Crippen LogP contribution in [-0.4, -0.2) is 45.3 Å². The van der Waals surface area contributed by atoms with Crippen molar-refractivity contribution in [2.24, 2.45) is 12.8 Å². The number of nitrogens with one attached hydrogen (secondary N) is 1. The topological polar surface area (TPSA) is 112 Å². The molecule has 212 valence electrons. The monoisotopic (exact) mass is 553 g/mol. The van der Waals surface area contributed by atoms with Crippen LogP contribution < -0.4 is 11.1 Å². The summed E-state index contributed by atoms with van der Waals surface area (Å²) in [6, 6.07) is 14.0. The van der Waals surface area contributed by atoms with Crippen LogP contribution >= 0.6 is 0 Å². The first-order valence-electron chi connectivity index (χ1n) is 13.9. The van der Waals surface area contributed by atoms with Crippen molar-refractivity contribution in [2.45, 2.75) is 51.8 Å². The molecule has 0 spiro atoms. The number of aromatic nitrogens is 2. The number of pyridine rings is 1. The molecule has 0 radical (unpaired) electrons. The molecule has 2 aromatic carbocycles. The average Bonchev–Trinajstić information content (AvgIpc) is 3.68. The summed E-state index contributed by atoms with van der Waals surface area (Å²) in [4.78, 5) is 32.7. The molecular weight excluding hydrogens is 518 g/mol. The van der Waals surface area contributed by atoms with E-state index in [9.17, 15) is 9.59 Å². The van der Waals surface area contributed by atoms with Gasteiger partial charge in [0.05, 0.1) is 24.4 Å². The summed E-state index contributed by atoms with van der Waals surface area (Å²) in [5, 5.41) is 4.42. The summed E-state index contributed by atoms with van der Waals surface area (Å²) in [6.07, 6.45) is 4.05. The molecule has 1 atom stereocenters. The predicted octanol–water partition coefficient (Wildman–Crippen LogP) is 5.84. The first-order chi connectivity index (χ1) is 19.6. The Bertz CT molecular complexity index is 1660. The second-order valence-electron chi connectivity index (χ2n) is 11.7. The van der Waals surface area contributed by atoms with Crippen molar-refractivity contribution >= 4 is 34.4 Å². The summed E-state index contributed by atoms with van der Waals surface area (Å²) in [7, 11) is 1.95. The quantitative estimate of drug-likeness (QED) is 0.319. The molecule has 0 aliphatic carbocycles. The van der Waals surface area contributed by atoms with E-state index >= 15 is 0 Å². The zero-order chi connectivity index (χ0) is 28.9. The minimum absolute atomic E-state index is 0.110. The number of amides is 2. The molecular formula is C32H35N5O4. The highest BCUT2D eigenvalue weighted by Crippen LogP contribution is 2.41. The molecule has 9 nitrogen and oxygen atoms in total. The summed E-state index contributed by atoms with van der Waals surface area (Å²) in [5.74, 6) is -0.0546. The van der Waals surface area contributed by atoms with Crippen molar-refractivity contribution in [1.29, 1.82) is 0 Å². The Labute approximate surface area is 239 Å². The standard InChI is InChI=1S/C32H35N5O4/c1-32(2,3)41-31(39)37-17-26-23(24-9-12-34-29-25(24)10-13-36(29)4)7-8-27(28(26)30(37)38)35-21-5-6-22(20(15-21)16-33)19-11-14-40-18-19/h5-10,12-13,15,19,35H,11,14,16-18,33H2,1-4H3/t19-/m1/s1. The van der Waals surface area contributed by atoms with Gasteiger partial charge in [-0.15, -0.1) is 0 Å². The molecule has 0 unspecified atom stereocenters. The van der Waals surface area contributed by atoms with E-state index in [1.165, 1.54) is 10.5 Å². The largest absolute Gasteiger partial charge is 0.443 e. The highest BCUT2D eigenvalue weighted by Gasteiger charge is 2.38. The number of aryl methyl sites for hydroxylation is 1. The summed E-state index contributed by atoms with van der Waals surface area (Å²) < 4.78 is 13.2. The molecule has 4 heterocycles. The van der Waals surface area contributed by atoms with Crippen molar-refractivity contribution in [1.82, 2.24) is 14.5 Å². The van der Waals surface area contributed by atoms with E-state index in [1.54, 1.807) is 27.0 Å². The summed E-state index contributed by atoms with van der Waals surface area (Å²) in [6.45, 7) is 7.34. The fraction of sp³-hybridized carbons (Fsp3) is 0.344. The number of imide groups is 1. The number of nitrogens with two attached hydrogens (primary N) is 1. The lowest BCUT2D eigenvalue weighted by Crippen LogP contribution is -2.37. The lowest BCUT2D eigenvalue weighted by Gasteiger charge is -2.23. The lowest BCUT2D eigenvalue weighted by atomic mass is 9.92. The summed E-state index contributed by atoms with van der Waals surface area (Å²) in [5.41, 5.74) is 13.0. The van der Waals surface area contributed by atoms with Gasteiger partial charge in [-0.25, -0.2) is 14.7 Å². The van der Waals surface area contributed by atoms with E-state index in [2.05, 4.69) is 16.4 Å². The van der Waals surface area contributed by atoms with Crippen LogP contribution in [0.15, 0.2) is 54.9 Å². The van der Waals surface area contributed by atoms with Crippen LogP contribution in [0.5, 0.6) is 0 Å². The van der Waals surface area contributed by atoms with E-state index in [4.69, 9.17) is 15.2 Å². The zero-order valence-electron chi connectivity index (χ0n) is 23.9. The van der Waals surface area contributed by atoms with Crippen molar-refractivity contribution in [3.05, 3.63) is 77.1 Å². The second-order valence-corrected chi connectivity index (χ2v) is 11.7. The Balaban J connectivity index is 1.43. The van der Waals surface area contributed by atoms with Crippen LogP contribution in [0.3, 0.4) is 0 Å². The molecule has 4 aromatic rings. The number of fused-ring (bicyclic) bond motifs is 2. The first kappa shape index (κ1) is 27.0.